The second kappa shape index (κ2) is 12.2. The van der Waals surface area contributed by atoms with Crippen molar-refractivity contribution in [3.8, 4) is 11.5 Å². The number of benzene rings is 3. The number of ether oxygens (including phenoxy) is 2. The highest BCUT2D eigenvalue weighted by Crippen LogP contribution is 2.30. The summed E-state index contributed by atoms with van der Waals surface area (Å²) in [6.45, 7) is 3.61. The van der Waals surface area contributed by atoms with Gasteiger partial charge in [-0.15, -0.1) is 0 Å². The van der Waals surface area contributed by atoms with Gasteiger partial charge in [-0.05, 0) is 36.2 Å². The number of oxazole rings is 1. The maximum absolute atomic E-state index is 13.0. The van der Waals surface area contributed by atoms with Gasteiger partial charge in [0, 0.05) is 31.7 Å². The number of carbonyl (C=O) groups excluding carboxylic acids is 1. The Labute approximate surface area is 218 Å². The van der Waals surface area contributed by atoms with Crippen LogP contribution in [-0.4, -0.2) is 42.0 Å². The summed E-state index contributed by atoms with van der Waals surface area (Å²) in [4.78, 5) is 21.4. The lowest BCUT2D eigenvalue weighted by molar-refractivity contribution is 0.0779. The zero-order chi connectivity index (χ0) is 26.2. The highest BCUT2D eigenvalue weighted by molar-refractivity contribution is 5.91. The molecule has 1 heterocycles. The molecule has 7 heteroatoms. The summed E-state index contributed by atoms with van der Waals surface area (Å²) in [6, 6.07) is 25.9. The molecule has 0 saturated carbocycles. The molecule has 1 aromatic heterocycles. The first kappa shape index (κ1) is 26.0. The Bertz CT molecular complexity index is 1290. The van der Waals surface area contributed by atoms with Crippen molar-refractivity contribution in [2.75, 3.05) is 21.3 Å². The molecule has 1 atom stereocenters. The van der Waals surface area contributed by atoms with E-state index >= 15 is 0 Å². The molecule has 1 amide bonds. The predicted molar refractivity (Wildman–Crippen MR) is 142 cm³/mol. The van der Waals surface area contributed by atoms with Gasteiger partial charge in [0.2, 0.25) is 5.89 Å². The van der Waals surface area contributed by atoms with Crippen LogP contribution >= 0.6 is 0 Å². The highest BCUT2D eigenvalue weighted by Gasteiger charge is 2.23. The first-order valence-electron chi connectivity index (χ1n) is 12.2. The summed E-state index contributed by atoms with van der Waals surface area (Å²) >= 11 is 0. The Morgan fingerprint density at radius 2 is 1.62 bits per heavy atom. The minimum atomic E-state index is -0.184. The molecule has 0 aliphatic rings. The van der Waals surface area contributed by atoms with E-state index in [4.69, 9.17) is 13.9 Å². The van der Waals surface area contributed by atoms with E-state index in [1.165, 1.54) is 6.26 Å². The molecule has 0 aliphatic carbocycles. The number of amides is 1. The molecule has 0 bridgehead atoms. The zero-order valence-corrected chi connectivity index (χ0v) is 21.8. The van der Waals surface area contributed by atoms with Crippen LogP contribution < -0.4 is 9.47 Å². The molecular weight excluding hydrogens is 466 g/mol. The summed E-state index contributed by atoms with van der Waals surface area (Å²) in [6.07, 6.45) is 1.44. The van der Waals surface area contributed by atoms with E-state index in [0.29, 0.717) is 31.2 Å². The lowest BCUT2D eigenvalue weighted by atomic mass is 10.1. The van der Waals surface area contributed by atoms with Crippen molar-refractivity contribution < 1.29 is 18.7 Å². The number of carbonyl (C=O) groups is 1. The van der Waals surface area contributed by atoms with Crippen molar-refractivity contribution in [1.82, 2.24) is 14.8 Å². The first-order chi connectivity index (χ1) is 18.0. The van der Waals surface area contributed by atoms with Crippen molar-refractivity contribution >= 4 is 5.91 Å². The molecule has 0 unspecified atom stereocenters. The van der Waals surface area contributed by atoms with Crippen LogP contribution in [0.2, 0.25) is 0 Å². The molecule has 0 aliphatic heterocycles. The highest BCUT2D eigenvalue weighted by atomic mass is 16.5. The molecule has 3 aromatic carbocycles. The molecular formula is C30H33N3O4. The quantitative estimate of drug-likeness (QED) is 0.263. The second-order valence-electron chi connectivity index (χ2n) is 8.94. The Kier molecular flexibility index (Phi) is 8.59. The fourth-order valence-electron chi connectivity index (χ4n) is 4.28. The minimum absolute atomic E-state index is 0.0453. The average molecular weight is 500 g/mol. The van der Waals surface area contributed by atoms with Crippen LogP contribution in [0.5, 0.6) is 11.5 Å². The zero-order valence-electron chi connectivity index (χ0n) is 21.8. The van der Waals surface area contributed by atoms with Crippen LogP contribution in [0.25, 0.3) is 0 Å². The van der Waals surface area contributed by atoms with E-state index in [1.54, 1.807) is 26.2 Å². The normalized spacial score (nSPS) is 11.8. The number of aromatic nitrogens is 1. The Morgan fingerprint density at radius 1 is 0.919 bits per heavy atom. The molecule has 0 radical (unpaired) electrons. The Morgan fingerprint density at radius 3 is 2.30 bits per heavy atom. The van der Waals surface area contributed by atoms with Crippen molar-refractivity contribution in [3.05, 3.63) is 113 Å². The van der Waals surface area contributed by atoms with Crippen LogP contribution in [0.15, 0.2) is 89.5 Å². The van der Waals surface area contributed by atoms with E-state index in [9.17, 15) is 4.79 Å². The van der Waals surface area contributed by atoms with E-state index in [1.807, 2.05) is 66.7 Å². The lowest BCUT2D eigenvalue weighted by Gasteiger charge is -2.29. The maximum atomic E-state index is 13.0. The summed E-state index contributed by atoms with van der Waals surface area (Å²) < 4.78 is 16.9. The molecule has 0 saturated heterocycles. The van der Waals surface area contributed by atoms with Gasteiger partial charge in [0.1, 0.15) is 17.8 Å². The van der Waals surface area contributed by atoms with Gasteiger partial charge in [-0.3, -0.25) is 9.69 Å². The van der Waals surface area contributed by atoms with Crippen LogP contribution in [0.1, 0.15) is 46.0 Å². The smallest absolute Gasteiger partial charge is 0.275 e. The van der Waals surface area contributed by atoms with Crippen LogP contribution in [0.3, 0.4) is 0 Å². The largest absolute Gasteiger partial charge is 0.497 e. The SMILES string of the molecule is COc1ccc(OC)c(CN(Cc2nc(C(=O)N(C)Cc3ccccc3)co2)[C@@H](C)c2ccccc2)c1. The Hall–Kier alpha value is -4.10. The molecule has 0 N–H and O–H groups in total. The maximum Gasteiger partial charge on any atom is 0.275 e. The van der Waals surface area contributed by atoms with Crippen molar-refractivity contribution in [2.24, 2.45) is 0 Å². The van der Waals surface area contributed by atoms with Gasteiger partial charge < -0.3 is 18.8 Å². The van der Waals surface area contributed by atoms with Crippen molar-refractivity contribution in [3.63, 3.8) is 0 Å². The molecule has 0 spiro atoms. The average Bonchev–Trinajstić information content (AvgIpc) is 3.41. The standard InChI is InChI=1S/C30H33N3O4/c1-22(24-13-9-6-10-14-24)33(19-25-17-26(35-3)15-16-28(25)36-4)20-29-31-27(21-37-29)30(34)32(2)18-23-11-7-5-8-12-23/h5-17,21-22H,18-20H2,1-4H3/t22-/m0/s1. The van der Waals surface area contributed by atoms with Crippen molar-refractivity contribution in [2.45, 2.75) is 32.6 Å². The predicted octanol–water partition coefficient (Wildman–Crippen LogP) is 5.73. The second-order valence-corrected chi connectivity index (χ2v) is 8.94. The Balaban J connectivity index is 1.55. The number of methoxy groups -OCH3 is 2. The molecule has 7 nitrogen and oxygen atoms in total. The summed E-state index contributed by atoms with van der Waals surface area (Å²) in [7, 11) is 5.08. The number of hydrogen-bond donors (Lipinski definition) is 0. The van der Waals surface area contributed by atoms with Gasteiger partial charge in [0.15, 0.2) is 5.69 Å². The third-order valence-electron chi connectivity index (χ3n) is 6.41. The van der Waals surface area contributed by atoms with Gasteiger partial charge in [-0.1, -0.05) is 60.7 Å². The molecule has 4 aromatic rings. The third kappa shape index (κ3) is 6.57. The lowest BCUT2D eigenvalue weighted by Crippen LogP contribution is -2.28. The van der Waals surface area contributed by atoms with Gasteiger partial charge in [0.25, 0.3) is 5.91 Å². The van der Waals surface area contributed by atoms with Gasteiger partial charge >= 0.3 is 0 Å². The molecule has 4 rings (SSSR count). The van der Waals surface area contributed by atoms with Gasteiger partial charge in [0.05, 0.1) is 20.8 Å². The fraction of sp³-hybridized carbons (Fsp3) is 0.267. The molecule has 192 valence electrons. The van der Waals surface area contributed by atoms with Crippen molar-refractivity contribution in [1.29, 1.82) is 0 Å². The first-order valence-corrected chi connectivity index (χ1v) is 12.2. The summed E-state index contributed by atoms with van der Waals surface area (Å²) in [5.41, 5.74) is 3.49. The summed E-state index contributed by atoms with van der Waals surface area (Å²) in [5, 5.41) is 0. The van der Waals surface area contributed by atoms with E-state index in [-0.39, 0.29) is 11.9 Å². The number of hydrogen-bond acceptors (Lipinski definition) is 6. The number of rotatable bonds is 11. The van der Waals surface area contributed by atoms with Crippen LogP contribution in [-0.2, 0) is 19.6 Å². The van der Waals surface area contributed by atoms with E-state index < -0.39 is 0 Å². The summed E-state index contributed by atoms with van der Waals surface area (Å²) in [5.74, 6) is 1.82. The third-order valence-corrected chi connectivity index (χ3v) is 6.41. The van der Waals surface area contributed by atoms with E-state index in [0.717, 1.165) is 28.2 Å². The van der Waals surface area contributed by atoms with E-state index in [2.05, 4.69) is 28.9 Å². The van der Waals surface area contributed by atoms with Crippen LogP contribution in [0.4, 0.5) is 0 Å². The topological polar surface area (TPSA) is 68.0 Å². The minimum Gasteiger partial charge on any atom is -0.497 e. The van der Waals surface area contributed by atoms with Crippen LogP contribution in [0, 0.1) is 0 Å². The molecule has 37 heavy (non-hydrogen) atoms. The van der Waals surface area contributed by atoms with Gasteiger partial charge in [-0.2, -0.15) is 0 Å². The van der Waals surface area contributed by atoms with Gasteiger partial charge in [-0.25, -0.2) is 4.98 Å². The number of nitrogens with zero attached hydrogens (tertiary/aromatic N) is 3. The molecule has 0 fully saturated rings. The monoisotopic (exact) mass is 499 g/mol. The fourth-order valence-corrected chi connectivity index (χ4v) is 4.28.